The molecular formula is C15H15F3O3. The van der Waals surface area contributed by atoms with Crippen LogP contribution < -0.4 is 0 Å². The average Bonchev–Trinajstić information content (AvgIpc) is 2.92. The Morgan fingerprint density at radius 2 is 1.71 bits per heavy atom. The van der Waals surface area contributed by atoms with Gasteiger partial charge in [0.25, 0.3) is 0 Å². The van der Waals surface area contributed by atoms with Gasteiger partial charge in [0.15, 0.2) is 0 Å². The number of furan rings is 1. The molecule has 2 N–H and O–H groups in total. The summed E-state index contributed by atoms with van der Waals surface area (Å²) in [5.74, 6) is 0.882. The van der Waals surface area contributed by atoms with Crippen molar-refractivity contribution >= 4 is 0 Å². The fourth-order valence-corrected chi connectivity index (χ4v) is 1.95. The molecule has 0 saturated carbocycles. The molecule has 6 heteroatoms. The van der Waals surface area contributed by atoms with Gasteiger partial charge in [-0.1, -0.05) is 12.1 Å². The number of alkyl halides is 3. The van der Waals surface area contributed by atoms with Crippen molar-refractivity contribution in [1.29, 1.82) is 0 Å². The number of hydrogen-bond donors (Lipinski definition) is 2. The minimum Gasteiger partial charge on any atom is -0.463 e. The standard InChI is InChI=1S/C15H15F3O3/c16-15(17,18)11-5-3-10(4-6-11)14(20)13-8-7-12(21-13)2-1-9-19/h3-8,14,19-20H,1-2,9H2. The molecule has 0 aliphatic rings. The summed E-state index contributed by atoms with van der Waals surface area (Å²) >= 11 is 0. The number of aliphatic hydroxyl groups excluding tert-OH is 2. The van der Waals surface area contributed by atoms with Gasteiger partial charge < -0.3 is 14.6 Å². The van der Waals surface area contributed by atoms with Crippen molar-refractivity contribution in [2.45, 2.75) is 25.1 Å². The SMILES string of the molecule is OCCCc1ccc(C(O)c2ccc(C(F)(F)F)cc2)o1. The van der Waals surface area contributed by atoms with Crippen LogP contribution in [-0.2, 0) is 12.6 Å². The van der Waals surface area contributed by atoms with Crippen LogP contribution in [0.4, 0.5) is 13.2 Å². The maximum absolute atomic E-state index is 12.5. The van der Waals surface area contributed by atoms with Crippen LogP contribution in [0, 0.1) is 0 Å². The van der Waals surface area contributed by atoms with E-state index in [1.54, 1.807) is 12.1 Å². The van der Waals surface area contributed by atoms with E-state index >= 15 is 0 Å². The molecule has 0 amide bonds. The van der Waals surface area contributed by atoms with E-state index in [9.17, 15) is 18.3 Å². The summed E-state index contributed by atoms with van der Waals surface area (Å²) in [5, 5.41) is 18.8. The molecule has 2 aromatic rings. The van der Waals surface area contributed by atoms with Gasteiger partial charge in [0, 0.05) is 13.0 Å². The summed E-state index contributed by atoms with van der Waals surface area (Å²) in [7, 11) is 0. The van der Waals surface area contributed by atoms with Crippen LogP contribution in [0.25, 0.3) is 0 Å². The van der Waals surface area contributed by atoms with Gasteiger partial charge in [0.2, 0.25) is 0 Å². The van der Waals surface area contributed by atoms with Crippen molar-refractivity contribution in [3.63, 3.8) is 0 Å². The molecule has 3 nitrogen and oxygen atoms in total. The normalized spacial score (nSPS) is 13.4. The van der Waals surface area contributed by atoms with Crippen molar-refractivity contribution in [3.05, 3.63) is 59.0 Å². The zero-order valence-corrected chi connectivity index (χ0v) is 11.1. The molecule has 1 atom stereocenters. The second-order valence-electron chi connectivity index (χ2n) is 4.65. The lowest BCUT2D eigenvalue weighted by molar-refractivity contribution is -0.137. The number of halogens is 3. The molecule has 1 unspecified atom stereocenters. The molecule has 0 radical (unpaired) electrons. The first-order valence-electron chi connectivity index (χ1n) is 6.46. The molecule has 0 fully saturated rings. The van der Waals surface area contributed by atoms with Gasteiger partial charge in [-0.25, -0.2) is 0 Å². The third-order valence-electron chi connectivity index (χ3n) is 3.09. The first-order valence-corrected chi connectivity index (χ1v) is 6.46. The van der Waals surface area contributed by atoms with E-state index in [0.717, 1.165) is 12.1 Å². The molecule has 21 heavy (non-hydrogen) atoms. The first kappa shape index (κ1) is 15.6. The Kier molecular flexibility index (Phi) is 4.69. The van der Waals surface area contributed by atoms with Crippen molar-refractivity contribution in [1.82, 2.24) is 0 Å². The third kappa shape index (κ3) is 3.86. The van der Waals surface area contributed by atoms with Crippen LogP contribution in [0.1, 0.15) is 35.2 Å². The van der Waals surface area contributed by atoms with Crippen LogP contribution in [0.2, 0.25) is 0 Å². The minimum atomic E-state index is -4.40. The molecule has 0 aliphatic heterocycles. The van der Waals surface area contributed by atoms with Crippen LogP contribution in [-0.4, -0.2) is 16.8 Å². The topological polar surface area (TPSA) is 53.6 Å². The fraction of sp³-hybridized carbons (Fsp3) is 0.333. The van der Waals surface area contributed by atoms with Gasteiger partial charge in [-0.15, -0.1) is 0 Å². The van der Waals surface area contributed by atoms with Gasteiger partial charge in [-0.3, -0.25) is 0 Å². The molecule has 0 bridgehead atoms. The summed E-state index contributed by atoms with van der Waals surface area (Å²) in [4.78, 5) is 0. The second-order valence-corrected chi connectivity index (χ2v) is 4.65. The van der Waals surface area contributed by atoms with Gasteiger partial charge >= 0.3 is 6.18 Å². The Balaban J connectivity index is 2.12. The molecule has 0 aliphatic carbocycles. The first-order chi connectivity index (χ1) is 9.91. The zero-order valence-electron chi connectivity index (χ0n) is 11.1. The van der Waals surface area contributed by atoms with Crippen LogP contribution in [0.3, 0.4) is 0 Å². The van der Waals surface area contributed by atoms with Crippen LogP contribution in [0.15, 0.2) is 40.8 Å². The summed E-state index contributed by atoms with van der Waals surface area (Å²) in [6.45, 7) is 0.0392. The highest BCUT2D eigenvalue weighted by atomic mass is 19.4. The number of rotatable bonds is 5. The molecule has 0 saturated heterocycles. The molecule has 1 aromatic heterocycles. The van der Waals surface area contributed by atoms with Crippen molar-refractivity contribution in [2.75, 3.05) is 6.61 Å². The summed E-state index contributed by atoms with van der Waals surface area (Å²) in [5.41, 5.74) is -0.437. The number of hydrogen-bond acceptors (Lipinski definition) is 3. The smallest absolute Gasteiger partial charge is 0.416 e. The second kappa shape index (κ2) is 6.32. The van der Waals surface area contributed by atoms with E-state index < -0.39 is 17.8 Å². The monoisotopic (exact) mass is 300 g/mol. The molecule has 0 spiro atoms. The Bertz CT molecular complexity index is 573. The van der Waals surface area contributed by atoms with Crippen molar-refractivity contribution in [2.24, 2.45) is 0 Å². The summed E-state index contributed by atoms with van der Waals surface area (Å²) < 4.78 is 42.8. The van der Waals surface area contributed by atoms with E-state index in [4.69, 9.17) is 9.52 Å². The van der Waals surface area contributed by atoms with E-state index in [1.165, 1.54) is 12.1 Å². The van der Waals surface area contributed by atoms with Gasteiger partial charge in [-0.05, 0) is 36.2 Å². The maximum atomic E-state index is 12.5. The lowest BCUT2D eigenvalue weighted by Crippen LogP contribution is -2.05. The quantitative estimate of drug-likeness (QED) is 0.890. The molecule has 1 heterocycles. The fourth-order valence-electron chi connectivity index (χ4n) is 1.95. The van der Waals surface area contributed by atoms with Crippen molar-refractivity contribution < 1.29 is 27.8 Å². The molecule has 1 aromatic carbocycles. The minimum absolute atomic E-state index is 0.0392. The third-order valence-corrected chi connectivity index (χ3v) is 3.09. The highest BCUT2D eigenvalue weighted by Crippen LogP contribution is 2.31. The predicted octanol–water partition coefficient (Wildman–Crippen LogP) is 3.31. The van der Waals surface area contributed by atoms with Gasteiger partial charge in [0.1, 0.15) is 17.6 Å². The van der Waals surface area contributed by atoms with E-state index in [1.807, 2.05) is 0 Å². The van der Waals surface area contributed by atoms with Gasteiger partial charge in [-0.2, -0.15) is 13.2 Å². The Morgan fingerprint density at radius 3 is 2.29 bits per heavy atom. The highest BCUT2D eigenvalue weighted by molar-refractivity contribution is 5.30. The Hall–Kier alpha value is -1.79. The summed E-state index contributed by atoms with van der Waals surface area (Å²) in [6, 6.07) is 7.56. The zero-order chi connectivity index (χ0) is 15.5. The number of aryl methyl sites for hydroxylation is 1. The largest absolute Gasteiger partial charge is 0.463 e. The lowest BCUT2D eigenvalue weighted by atomic mass is 10.1. The Labute approximate surface area is 119 Å². The van der Waals surface area contributed by atoms with Gasteiger partial charge in [0.05, 0.1) is 5.56 Å². The van der Waals surface area contributed by atoms with E-state index in [2.05, 4.69) is 0 Å². The van der Waals surface area contributed by atoms with Crippen molar-refractivity contribution in [3.8, 4) is 0 Å². The number of aliphatic hydroxyl groups is 2. The predicted molar refractivity (Wildman–Crippen MR) is 69.6 cm³/mol. The Morgan fingerprint density at radius 1 is 1.05 bits per heavy atom. The molecule has 114 valence electrons. The highest BCUT2D eigenvalue weighted by Gasteiger charge is 2.30. The summed E-state index contributed by atoms with van der Waals surface area (Å²) in [6.07, 6.45) is -4.43. The number of benzene rings is 1. The molecular weight excluding hydrogens is 285 g/mol. The van der Waals surface area contributed by atoms with E-state index in [-0.39, 0.29) is 12.4 Å². The lowest BCUT2D eigenvalue weighted by Gasteiger charge is -2.11. The van der Waals surface area contributed by atoms with Crippen LogP contribution >= 0.6 is 0 Å². The van der Waals surface area contributed by atoms with Crippen LogP contribution in [0.5, 0.6) is 0 Å². The maximum Gasteiger partial charge on any atom is 0.416 e. The van der Waals surface area contributed by atoms with E-state index in [0.29, 0.717) is 24.2 Å². The molecule has 2 rings (SSSR count). The average molecular weight is 300 g/mol.